The summed E-state index contributed by atoms with van der Waals surface area (Å²) < 4.78 is 37.9. The summed E-state index contributed by atoms with van der Waals surface area (Å²) in [6.07, 6.45) is -5.11. The first-order chi connectivity index (χ1) is 7.65. The molecule has 0 saturated heterocycles. The Labute approximate surface area is 106 Å². The van der Waals surface area contributed by atoms with E-state index in [2.05, 4.69) is 15.9 Å². The first-order valence-corrected chi connectivity index (χ1v) is 6.11. The highest BCUT2D eigenvalue weighted by atomic mass is 79.9. The van der Waals surface area contributed by atoms with Gasteiger partial charge in [0.05, 0.1) is 16.5 Å². The molecular formula is C12H12BrF3O. The molecule has 1 aliphatic rings. The van der Waals surface area contributed by atoms with Crippen molar-refractivity contribution in [2.75, 3.05) is 0 Å². The van der Waals surface area contributed by atoms with E-state index in [1.807, 2.05) is 13.8 Å². The Morgan fingerprint density at radius 2 is 1.88 bits per heavy atom. The molecule has 0 aliphatic heterocycles. The smallest absolute Gasteiger partial charge is 0.387 e. The van der Waals surface area contributed by atoms with Crippen LogP contribution in [0, 0.1) is 0 Å². The van der Waals surface area contributed by atoms with Gasteiger partial charge in [-0.2, -0.15) is 13.2 Å². The first kappa shape index (κ1) is 12.9. The molecule has 0 radical (unpaired) electrons. The molecule has 2 rings (SSSR count). The number of hydrogen-bond donors (Lipinski definition) is 1. The number of benzene rings is 1. The Kier molecular flexibility index (Phi) is 2.82. The average molecular weight is 309 g/mol. The van der Waals surface area contributed by atoms with Crippen LogP contribution in [0.4, 0.5) is 13.2 Å². The zero-order valence-electron chi connectivity index (χ0n) is 9.35. The van der Waals surface area contributed by atoms with E-state index < -0.39 is 23.3 Å². The third kappa shape index (κ3) is 1.89. The minimum Gasteiger partial charge on any atom is -0.387 e. The van der Waals surface area contributed by atoms with E-state index in [1.54, 1.807) is 0 Å². The molecular weight excluding hydrogens is 297 g/mol. The van der Waals surface area contributed by atoms with Gasteiger partial charge in [-0.15, -0.1) is 0 Å². The van der Waals surface area contributed by atoms with Crippen LogP contribution in [0.1, 0.15) is 36.6 Å². The molecule has 1 aliphatic carbocycles. The maximum Gasteiger partial charge on any atom is 0.416 e. The molecule has 0 saturated carbocycles. The van der Waals surface area contributed by atoms with Crippen LogP contribution >= 0.6 is 15.9 Å². The van der Waals surface area contributed by atoms with E-state index in [9.17, 15) is 18.3 Å². The second-order valence-electron chi connectivity index (χ2n) is 4.87. The van der Waals surface area contributed by atoms with Crippen molar-refractivity contribution in [1.29, 1.82) is 0 Å². The summed E-state index contributed by atoms with van der Waals surface area (Å²) in [6.45, 7) is 3.64. The van der Waals surface area contributed by atoms with Crippen molar-refractivity contribution in [3.8, 4) is 0 Å². The van der Waals surface area contributed by atoms with Crippen LogP contribution in [0.15, 0.2) is 18.2 Å². The fraction of sp³-hybridized carbons (Fsp3) is 0.500. The zero-order chi connectivity index (χ0) is 13.0. The van der Waals surface area contributed by atoms with Crippen LogP contribution < -0.4 is 0 Å². The summed E-state index contributed by atoms with van der Waals surface area (Å²) in [5, 5.41) is 9.95. The van der Waals surface area contributed by atoms with Gasteiger partial charge in [-0.25, -0.2) is 0 Å². The lowest BCUT2D eigenvalue weighted by Gasteiger charge is -2.25. The maximum atomic E-state index is 12.6. The maximum absolute atomic E-state index is 12.6. The summed E-state index contributed by atoms with van der Waals surface area (Å²) in [5.41, 5.74) is -0.0552. The predicted octanol–water partition coefficient (Wildman–Crippen LogP) is 3.79. The van der Waals surface area contributed by atoms with Gasteiger partial charge in [-0.1, -0.05) is 35.8 Å². The molecule has 0 heterocycles. The number of aliphatic hydroxyl groups is 1. The molecule has 1 nitrogen and oxygen atoms in total. The average Bonchev–Trinajstić information content (AvgIpc) is 2.39. The molecule has 1 N–H and O–H groups in total. The number of alkyl halides is 4. The van der Waals surface area contributed by atoms with Crippen LogP contribution in [-0.2, 0) is 11.6 Å². The van der Waals surface area contributed by atoms with Gasteiger partial charge in [-0.3, -0.25) is 0 Å². The predicted molar refractivity (Wildman–Crippen MR) is 62.1 cm³/mol. The van der Waals surface area contributed by atoms with E-state index in [1.165, 1.54) is 6.07 Å². The lowest BCUT2D eigenvalue weighted by molar-refractivity contribution is -0.137. The highest BCUT2D eigenvalue weighted by Crippen LogP contribution is 2.49. The molecule has 0 bridgehead atoms. The van der Waals surface area contributed by atoms with E-state index in [4.69, 9.17) is 0 Å². The summed E-state index contributed by atoms with van der Waals surface area (Å²) in [6, 6.07) is 3.52. The third-order valence-electron chi connectivity index (χ3n) is 3.36. The molecule has 1 aromatic rings. The Bertz CT molecular complexity index is 454. The Hall–Kier alpha value is -0.550. The largest absolute Gasteiger partial charge is 0.416 e. The Balaban J connectivity index is 2.59. The van der Waals surface area contributed by atoms with Crippen LogP contribution in [0.5, 0.6) is 0 Å². The van der Waals surface area contributed by atoms with Crippen molar-refractivity contribution < 1.29 is 18.3 Å². The number of halogens is 4. The van der Waals surface area contributed by atoms with Crippen molar-refractivity contribution >= 4 is 15.9 Å². The molecule has 0 unspecified atom stereocenters. The van der Waals surface area contributed by atoms with E-state index >= 15 is 0 Å². The van der Waals surface area contributed by atoms with Crippen molar-refractivity contribution in [3.63, 3.8) is 0 Å². The summed E-state index contributed by atoms with van der Waals surface area (Å²) in [4.78, 5) is -0.270. The molecule has 94 valence electrons. The molecule has 2 atom stereocenters. The van der Waals surface area contributed by atoms with E-state index in [0.29, 0.717) is 11.1 Å². The van der Waals surface area contributed by atoms with Gasteiger partial charge in [0, 0.05) is 5.41 Å². The summed E-state index contributed by atoms with van der Waals surface area (Å²) in [5.74, 6) is 0. The van der Waals surface area contributed by atoms with E-state index in [-0.39, 0.29) is 4.83 Å². The van der Waals surface area contributed by atoms with Crippen LogP contribution in [0.2, 0.25) is 0 Å². The standard InChI is InChI=1S/C12H12BrF3O/c1-11(2)8-5-6(12(14,15)16)3-4-7(8)9(17)10(11)13/h3-5,9-10,17H,1-2H3/t9-,10+/m0/s1. The Morgan fingerprint density at radius 3 is 2.41 bits per heavy atom. The molecule has 0 spiro atoms. The van der Waals surface area contributed by atoms with Gasteiger partial charge < -0.3 is 5.11 Å². The second-order valence-corrected chi connectivity index (χ2v) is 5.85. The van der Waals surface area contributed by atoms with Gasteiger partial charge in [0.2, 0.25) is 0 Å². The van der Waals surface area contributed by atoms with Gasteiger partial charge in [0.15, 0.2) is 0 Å². The van der Waals surface area contributed by atoms with Crippen molar-refractivity contribution in [3.05, 3.63) is 34.9 Å². The normalized spacial score (nSPS) is 27.0. The second kappa shape index (κ2) is 3.72. The molecule has 0 aromatic heterocycles. The fourth-order valence-corrected chi connectivity index (χ4v) is 2.78. The van der Waals surface area contributed by atoms with Crippen molar-refractivity contribution in [2.45, 2.75) is 36.4 Å². The topological polar surface area (TPSA) is 20.2 Å². The van der Waals surface area contributed by atoms with Gasteiger partial charge in [0.25, 0.3) is 0 Å². The highest BCUT2D eigenvalue weighted by molar-refractivity contribution is 9.09. The first-order valence-electron chi connectivity index (χ1n) is 5.19. The number of rotatable bonds is 0. The van der Waals surface area contributed by atoms with Crippen molar-refractivity contribution in [1.82, 2.24) is 0 Å². The SMILES string of the molecule is CC1(C)c2cc(C(F)(F)F)ccc2[C@H](O)[C@H]1Br. The fourth-order valence-electron chi connectivity index (χ4n) is 2.25. The highest BCUT2D eigenvalue weighted by Gasteiger charge is 2.45. The van der Waals surface area contributed by atoms with Gasteiger partial charge >= 0.3 is 6.18 Å². The van der Waals surface area contributed by atoms with E-state index in [0.717, 1.165) is 12.1 Å². The lowest BCUT2D eigenvalue weighted by atomic mass is 9.85. The quantitative estimate of drug-likeness (QED) is 0.723. The van der Waals surface area contributed by atoms with Crippen LogP contribution in [-0.4, -0.2) is 9.93 Å². The lowest BCUT2D eigenvalue weighted by Crippen LogP contribution is -2.26. The van der Waals surface area contributed by atoms with Gasteiger partial charge in [0.1, 0.15) is 0 Å². The third-order valence-corrected chi connectivity index (χ3v) is 5.01. The number of aliphatic hydroxyl groups excluding tert-OH is 1. The van der Waals surface area contributed by atoms with Gasteiger partial charge in [-0.05, 0) is 23.3 Å². The minimum atomic E-state index is -4.35. The molecule has 0 fully saturated rings. The molecule has 0 amide bonds. The molecule has 1 aromatic carbocycles. The number of hydrogen-bond acceptors (Lipinski definition) is 1. The van der Waals surface area contributed by atoms with Crippen LogP contribution in [0.3, 0.4) is 0 Å². The molecule has 17 heavy (non-hydrogen) atoms. The summed E-state index contributed by atoms with van der Waals surface area (Å²) >= 11 is 3.35. The van der Waals surface area contributed by atoms with Crippen molar-refractivity contribution in [2.24, 2.45) is 0 Å². The number of fused-ring (bicyclic) bond motifs is 1. The monoisotopic (exact) mass is 308 g/mol. The minimum absolute atomic E-state index is 0.270. The van der Waals surface area contributed by atoms with Crippen LogP contribution in [0.25, 0.3) is 0 Å². The molecule has 5 heteroatoms. The summed E-state index contributed by atoms with van der Waals surface area (Å²) in [7, 11) is 0. The Morgan fingerprint density at radius 1 is 1.29 bits per heavy atom. The zero-order valence-corrected chi connectivity index (χ0v) is 10.9.